The molecule has 0 bridgehead atoms. The van der Waals surface area contributed by atoms with Crippen LogP contribution in [0.4, 0.5) is 16.2 Å². The van der Waals surface area contributed by atoms with Crippen molar-refractivity contribution in [3.63, 3.8) is 0 Å². The van der Waals surface area contributed by atoms with Crippen LogP contribution >= 0.6 is 11.6 Å². The number of halogens is 1. The SMILES string of the molecule is CN1c2ccc(OC(=O)Nc3ccc(Cl)cc3)cc2[C@]2(C)CC[NH+](C)C12. The Hall–Kier alpha value is -2.24. The molecule has 0 aliphatic carbocycles. The number of fused-ring (bicyclic) bond motifs is 3. The highest BCUT2D eigenvalue weighted by atomic mass is 35.5. The molecular formula is C20H23ClN3O2+. The zero-order chi connectivity index (χ0) is 18.5. The molecule has 0 saturated carbocycles. The van der Waals surface area contributed by atoms with Crippen molar-refractivity contribution >= 4 is 29.1 Å². The maximum Gasteiger partial charge on any atom is 0.417 e. The summed E-state index contributed by atoms with van der Waals surface area (Å²) in [5, 5.41) is 3.35. The molecule has 2 aliphatic rings. The van der Waals surface area contributed by atoms with E-state index in [1.165, 1.54) is 16.2 Å². The molecular weight excluding hydrogens is 350 g/mol. The number of likely N-dealkylation sites (N-methyl/N-ethyl adjacent to an activating group) is 2. The third-order valence-electron chi connectivity index (χ3n) is 5.76. The van der Waals surface area contributed by atoms with Crippen molar-refractivity contribution in [1.82, 2.24) is 0 Å². The summed E-state index contributed by atoms with van der Waals surface area (Å²) in [6.45, 7) is 3.46. The number of nitrogens with one attached hydrogen (secondary N) is 2. The van der Waals surface area contributed by atoms with E-state index >= 15 is 0 Å². The quantitative estimate of drug-likeness (QED) is 0.852. The molecule has 6 heteroatoms. The Bertz CT molecular complexity index is 855. The van der Waals surface area contributed by atoms with Gasteiger partial charge in [0.1, 0.15) is 5.75 Å². The molecule has 2 aromatic carbocycles. The summed E-state index contributed by atoms with van der Waals surface area (Å²) in [6, 6.07) is 12.9. The number of hydrogen-bond acceptors (Lipinski definition) is 3. The van der Waals surface area contributed by atoms with Crippen LogP contribution < -0.4 is 19.9 Å². The average molecular weight is 373 g/mol. The zero-order valence-corrected chi connectivity index (χ0v) is 15.9. The van der Waals surface area contributed by atoms with Crippen molar-refractivity contribution in [2.24, 2.45) is 0 Å². The van der Waals surface area contributed by atoms with Crippen molar-refractivity contribution in [3.8, 4) is 5.75 Å². The first-order valence-electron chi connectivity index (χ1n) is 8.82. The minimum absolute atomic E-state index is 0.0835. The van der Waals surface area contributed by atoms with Crippen LogP contribution in [0.5, 0.6) is 5.75 Å². The van der Waals surface area contributed by atoms with Gasteiger partial charge in [-0.3, -0.25) is 5.32 Å². The van der Waals surface area contributed by atoms with Gasteiger partial charge in [0.2, 0.25) is 0 Å². The summed E-state index contributed by atoms with van der Waals surface area (Å²) in [6.07, 6.45) is 1.05. The molecule has 5 nitrogen and oxygen atoms in total. The number of benzene rings is 2. The van der Waals surface area contributed by atoms with Crippen molar-refractivity contribution < 1.29 is 14.4 Å². The van der Waals surface area contributed by atoms with Gasteiger partial charge < -0.3 is 14.5 Å². The highest BCUT2D eigenvalue weighted by Crippen LogP contribution is 2.47. The summed E-state index contributed by atoms with van der Waals surface area (Å²) in [5.74, 6) is 0.565. The number of ether oxygens (including phenoxy) is 1. The van der Waals surface area contributed by atoms with Gasteiger partial charge in [-0.25, -0.2) is 4.79 Å². The minimum atomic E-state index is -0.505. The maximum atomic E-state index is 12.2. The van der Waals surface area contributed by atoms with Crippen molar-refractivity contribution in [1.29, 1.82) is 0 Å². The lowest BCUT2D eigenvalue weighted by Gasteiger charge is -2.28. The van der Waals surface area contributed by atoms with Gasteiger partial charge in [-0.15, -0.1) is 0 Å². The molecule has 3 atom stereocenters. The molecule has 0 aromatic heterocycles. The Balaban J connectivity index is 1.54. The largest absolute Gasteiger partial charge is 0.417 e. The third-order valence-corrected chi connectivity index (χ3v) is 6.01. The standard InChI is InChI=1S/C20H22ClN3O2/c1-20-10-11-23(2)18(20)24(3)17-9-8-15(12-16(17)20)26-19(25)22-14-6-4-13(21)5-7-14/h4-9,12,18H,10-11H2,1-3H3,(H,22,25)/p+1/t18?,20-/m0/s1. The lowest BCUT2D eigenvalue weighted by atomic mass is 9.81. The molecule has 4 rings (SSSR count). The van der Waals surface area contributed by atoms with Gasteiger partial charge in [-0.1, -0.05) is 11.6 Å². The highest BCUT2D eigenvalue weighted by molar-refractivity contribution is 6.30. The van der Waals surface area contributed by atoms with Crippen LogP contribution in [0.25, 0.3) is 0 Å². The summed E-state index contributed by atoms with van der Waals surface area (Å²) in [7, 11) is 4.40. The molecule has 2 N–H and O–H groups in total. The molecule has 2 aromatic rings. The van der Waals surface area contributed by atoms with E-state index < -0.39 is 6.09 Å². The lowest BCUT2D eigenvalue weighted by Crippen LogP contribution is -3.13. The predicted molar refractivity (Wildman–Crippen MR) is 103 cm³/mol. The van der Waals surface area contributed by atoms with E-state index in [2.05, 4.69) is 37.3 Å². The second kappa shape index (κ2) is 6.18. The van der Waals surface area contributed by atoms with Gasteiger partial charge in [-0.2, -0.15) is 0 Å². The van der Waals surface area contributed by atoms with E-state index in [0.29, 0.717) is 22.6 Å². The Morgan fingerprint density at radius 2 is 2.04 bits per heavy atom. The fraction of sp³-hybridized carbons (Fsp3) is 0.350. The van der Waals surface area contributed by atoms with E-state index in [1.54, 1.807) is 24.3 Å². The van der Waals surface area contributed by atoms with Gasteiger partial charge in [0.05, 0.1) is 19.0 Å². The molecule has 136 valence electrons. The van der Waals surface area contributed by atoms with Gasteiger partial charge in [0.15, 0.2) is 6.17 Å². The minimum Gasteiger partial charge on any atom is -0.410 e. The third kappa shape index (κ3) is 2.72. The predicted octanol–water partition coefficient (Wildman–Crippen LogP) is 2.90. The Kier molecular flexibility index (Phi) is 4.09. The average Bonchev–Trinajstić information content (AvgIpc) is 3.03. The zero-order valence-electron chi connectivity index (χ0n) is 15.2. The number of quaternary nitrogens is 1. The number of likely N-dealkylation sites (tertiary alicyclic amines) is 1. The van der Waals surface area contributed by atoms with Crippen molar-refractivity contribution in [3.05, 3.63) is 53.1 Å². The van der Waals surface area contributed by atoms with Gasteiger partial charge in [-0.05, 0) is 55.0 Å². The normalized spacial score (nSPS) is 26.4. The van der Waals surface area contributed by atoms with Gasteiger partial charge >= 0.3 is 6.09 Å². The number of carbonyl (C=O) groups excluding carboxylic acids is 1. The van der Waals surface area contributed by atoms with Crippen LogP contribution in [0.3, 0.4) is 0 Å². The molecule has 1 saturated heterocycles. The molecule has 2 unspecified atom stereocenters. The van der Waals surface area contributed by atoms with Crippen LogP contribution in [-0.4, -0.2) is 32.9 Å². The van der Waals surface area contributed by atoms with Crippen molar-refractivity contribution in [2.75, 3.05) is 30.9 Å². The van der Waals surface area contributed by atoms with E-state index in [0.717, 1.165) is 13.0 Å². The van der Waals surface area contributed by atoms with Gasteiger partial charge in [0.25, 0.3) is 0 Å². The first-order chi connectivity index (χ1) is 12.4. The Labute approximate surface area is 158 Å². The summed E-state index contributed by atoms with van der Waals surface area (Å²) in [4.78, 5) is 16.1. The fourth-order valence-corrected chi connectivity index (χ4v) is 4.71. The monoisotopic (exact) mass is 372 g/mol. The van der Waals surface area contributed by atoms with E-state index in [9.17, 15) is 4.79 Å². The maximum absolute atomic E-state index is 12.2. The van der Waals surface area contributed by atoms with Crippen LogP contribution in [0, 0.1) is 0 Å². The van der Waals surface area contributed by atoms with Crippen LogP contribution in [0.2, 0.25) is 5.02 Å². The number of rotatable bonds is 2. The second-order valence-electron chi connectivity index (χ2n) is 7.48. The molecule has 0 radical (unpaired) electrons. The van der Waals surface area contributed by atoms with Crippen LogP contribution in [-0.2, 0) is 5.41 Å². The number of amides is 1. The number of hydrogen-bond donors (Lipinski definition) is 2. The topological polar surface area (TPSA) is 46.0 Å². The fourth-order valence-electron chi connectivity index (χ4n) is 4.58. The first kappa shape index (κ1) is 17.2. The van der Waals surface area contributed by atoms with E-state index in [1.807, 2.05) is 12.1 Å². The summed E-state index contributed by atoms with van der Waals surface area (Å²) < 4.78 is 5.52. The summed E-state index contributed by atoms with van der Waals surface area (Å²) >= 11 is 5.86. The molecule has 2 aliphatic heterocycles. The first-order valence-corrected chi connectivity index (χ1v) is 9.20. The summed E-state index contributed by atoms with van der Waals surface area (Å²) in [5.41, 5.74) is 3.22. The number of carbonyl (C=O) groups is 1. The molecule has 26 heavy (non-hydrogen) atoms. The molecule has 2 heterocycles. The van der Waals surface area contributed by atoms with Crippen LogP contribution in [0.1, 0.15) is 18.9 Å². The lowest BCUT2D eigenvalue weighted by molar-refractivity contribution is -0.893. The Morgan fingerprint density at radius 1 is 1.31 bits per heavy atom. The molecule has 0 spiro atoms. The second-order valence-corrected chi connectivity index (χ2v) is 7.91. The van der Waals surface area contributed by atoms with E-state index in [4.69, 9.17) is 16.3 Å². The smallest absolute Gasteiger partial charge is 0.410 e. The Morgan fingerprint density at radius 3 is 2.77 bits per heavy atom. The van der Waals surface area contributed by atoms with Gasteiger partial charge in [0, 0.05) is 29.9 Å². The van der Waals surface area contributed by atoms with Crippen molar-refractivity contribution in [2.45, 2.75) is 24.9 Å². The molecule has 1 amide bonds. The van der Waals surface area contributed by atoms with Crippen LogP contribution in [0.15, 0.2) is 42.5 Å². The molecule has 1 fully saturated rings. The highest BCUT2D eigenvalue weighted by Gasteiger charge is 2.55. The van der Waals surface area contributed by atoms with E-state index in [-0.39, 0.29) is 5.41 Å². The number of anilines is 2. The number of nitrogens with zero attached hydrogens (tertiary/aromatic N) is 1.